The fraction of sp³-hybridized carbons (Fsp3) is 0.524. The van der Waals surface area contributed by atoms with E-state index >= 15 is 0 Å². The van der Waals surface area contributed by atoms with Gasteiger partial charge in [0.2, 0.25) is 0 Å². The summed E-state index contributed by atoms with van der Waals surface area (Å²) in [7, 11) is 0. The molecule has 28 heavy (non-hydrogen) atoms. The summed E-state index contributed by atoms with van der Waals surface area (Å²) in [6.07, 6.45) is 8.52. The molecule has 2 N–H and O–H groups in total. The molecule has 5 nitrogen and oxygen atoms in total. The minimum atomic E-state index is -0.265. The van der Waals surface area contributed by atoms with E-state index in [4.69, 9.17) is 0 Å². The highest BCUT2D eigenvalue weighted by Crippen LogP contribution is 2.36. The molecule has 2 aromatic rings. The molecule has 2 fully saturated rings. The summed E-state index contributed by atoms with van der Waals surface area (Å²) >= 11 is 0. The standard InChI is InChI=1S/C21H27FN4O.ClH/c22-17-8-3-7-16(13-17)20(15-5-1-2-6-15)24-21(27)19-10-12-26(25-19)18-9-4-11-23-14-18;/h3,7-8,10,12-13,15,18,20,23H,1-2,4-6,9,11,14H2,(H,24,27);1H. The van der Waals surface area contributed by atoms with Crippen LogP contribution in [-0.2, 0) is 0 Å². The fourth-order valence-corrected chi connectivity index (χ4v) is 4.40. The quantitative estimate of drug-likeness (QED) is 0.788. The number of nitrogens with zero attached hydrogens (tertiary/aromatic N) is 2. The SMILES string of the molecule is Cl.O=C(NC(c1cccc(F)c1)C1CCCC1)c1ccn(C2CCCNC2)n1. The maximum atomic E-state index is 13.7. The van der Waals surface area contributed by atoms with E-state index in [9.17, 15) is 9.18 Å². The number of amides is 1. The van der Waals surface area contributed by atoms with Crippen molar-refractivity contribution < 1.29 is 9.18 Å². The smallest absolute Gasteiger partial charge is 0.272 e. The number of hydrogen-bond acceptors (Lipinski definition) is 3. The Morgan fingerprint density at radius 2 is 2.04 bits per heavy atom. The van der Waals surface area contributed by atoms with Crippen LogP contribution in [0.3, 0.4) is 0 Å². The third-order valence-electron chi connectivity index (χ3n) is 5.85. The Labute approximate surface area is 171 Å². The monoisotopic (exact) mass is 406 g/mol. The van der Waals surface area contributed by atoms with Gasteiger partial charge in [-0.2, -0.15) is 5.10 Å². The van der Waals surface area contributed by atoms with E-state index in [2.05, 4.69) is 15.7 Å². The van der Waals surface area contributed by atoms with Gasteiger partial charge in [0.1, 0.15) is 11.5 Å². The van der Waals surface area contributed by atoms with Crippen LogP contribution < -0.4 is 10.6 Å². The van der Waals surface area contributed by atoms with Gasteiger partial charge in [0.25, 0.3) is 5.91 Å². The molecule has 2 atom stereocenters. The molecule has 4 rings (SSSR count). The first-order valence-corrected chi connectivity index (χ1v) is 10.0. The zero-order valence-electron chi connectivity index (χ0n) is 15.9. The van der Waals surface area contributed by atoms with Crippen LogP contribution in [0, 0.1) is 11.7 Å². The second-order valence-corrected chi connectivity index (χ2v) is 7.73. The number of rotatable bonds is 5. The summed E-state index contributed by atoms with van der Waals surface area (Å²) in [6.45, 7) is 1.93. The van der Waals surface area contributed by atoms with Crippen LogP contribution in [0.25, 0.3) is 0 Å². The number of halogens is 2. The average Bonchev–Trinajstić information content (AvgIpc) is 3.39. The first kappa shape index (κ1) is 20.8. The predicted molar refractivity (Wildman–Crippen MR) is 109 cm³/mol. The summed E-state index contributed by atoms with van der Waals surface area (Å²) in [5.74, 6) is -0.0992. The first-order valence-electron chi connectivity index (χ1n) is 10.0. The molecule has 1 aliphatic carbocycles. The van der Waals surface area contributed by atoms with E-state index in [-0.39, 0.29) is 30.2 Å². The minimum Gasteiger partial charge on any atom is -0.344 e. The molecule has 7 heteroatoms. The van der Waals surface area contributed by atoms with Crippen LogP contribution in [-0.4, -0.2) is 28.8 Å². The van der Waals surface area contributed by atoms with Gasteiger partial charge in [-0.1, -0.05) is 25.0 Å². The minimum absolute atomic E-state index is 0. The molecule has 2 aliphatic rings. The van der Waals surface area contributed by atoms with E-state index in [0.717, 1.165) is 57.2 Å². The van der Waals surface area contributed by atoms with Gasteiger partial charge in [-0.05, 0) is 61.9 Å². The number of benzene rings is 1. The lowest BCUT2D eigenvalue weighted by Crippen LogP contribution is -2.34. The Kier molecular flexibility index (Phi) is 7.08. The zero-order chi connectivity index (χ0) is 18.6. The number of carbonyl (C=O) groups excluding carboxylic acids is 1. The summed E-state index contributed by atoms with van der Waals surface area (Å²) in [5, 5.41) is 11.0. The molecule has 0 spiro atoms. The molecule has 1 saturated heterocycles. The van der Waals surface area contributed by atoms with Crippen molar-refractivity contribution in [1.29, 1.82) is 0 Å². The number of aromatic nitrogens is 2. The number of carbonyl (C=O) groups is 1. The van der Waals surface area contributed by atoms with Crippen LogP contribution in [0.5, 0.6) is 0 Å². The Morgan fingerprint density at radius 3 is 2.75 bits per heavy atom. The molecule has 2 heterocycles. The Bertz CT molecular complexity index is 784. The van der Waals surface area contributed by atoms with E-state index in [1.807, 2.05) is 16.9 Å². The van der Waals surface area contributed by atoms with Crippen molar-refractivity contribution in [2.45, 2.75) is 50.6 Å². The predicted octanol–water partition coefficient (Wildman–Crippen LogP) is 4.03. The maximum Gasteiger partial charge on any atom is 0.272 e. The molecule has 1 aromatic heterocycles. The molecule has 0 bridgehead atoms. The van der Waals surface area contributed by atoms with Crippen LogP contribution in [0.15, 0.2) is 36.5 Å². The first-order chi connectivity index (χ1) is 13.2. The summed E-state index contributed by atoms with van der Waals surface area (Å²) in [6, 6.07) is 8.50. The summed E-state index contributed by atoms with van der Waals surface area (Å²) in [4.78, 5) is 12.9. The number of nitrogens with one attached hydrogen (secondary N) is 2. The van der Waals surface area contributed by atoms with Crippen molar-refractivity contribution in [2.24, 2.45) is 5.92 Å². The molecule has 0 radical (unpaired) electrons. The van der Waals surface area contributed by atoms with Gasteiger partial charge >= 0.3 is 0 Å². The van der Waals surface area contributed by atoms with Gasteiger partial charge in [0, 0.05) is 12.7 Å². The van der Waals surface area contributed by atoms with E-state index < -0.39 is 0 Å². The molecule has 1 amide bonds. The number of hydrogen-bond donors (Lipinski definition) is 2. The second-order valence-electron chi connectivity index (χ2n) is 7.73. The largest absolute Gasteiger partial charge is 0.344 e. The maximum absolute atomic E-state index is 13.7. The lowest BCUT2D eigenvalue weighted by atomic mass is 9.91. The highest BCUT2D eigenvalue weighted by Gasteiger charge is 2.29. The van der Waals surface area contributed by atoms with Gasteiger partial charge in [-0.25, -0.2) is 4.39 Å². The fourth-order valence-electron chi connectivity index (χ4n) is 4.40. The van der Waals surface area contributed by atoms with E-state index in [1.54, 1.807) is 12.1 Å². The van der Waals surface area contributed by atoms with Crippen molar-refractivity contribution >= 4 is 18.3 Å². The molecular formula is C21H28ClFN4O. The van der Waals surface area contributed by atoms with Crippen LogP contribution in [0.4, 0.5) is 4.39 Å². The highest BCUT2D eigenvalue weighted by atomic mass is 35.5. The average molecular weight is 407 g/mol. The third kappa shape index (κ3) is 4.73. The van der Waals surface area contributed by atoms with Gasteiger partial charge < -0.3 is 10.6 Å². The van der Waals surface area contributed by atoms with E-state index in [0.29, 0.717) is 17.7 Å². The van der Waals surface area contributed by atoms with E-state index in [1.165, 1.54) is 12.1 Å². The topological polar surface area (TPSA) is 59.0 Å². The van der Waals surface area contributed by atoms with Crippen LogP contribution >= 0.6 is 12.4 Å². The summed E-state index contributed by atoms with van der Waals surface area (Å²) in [5.41, 5.74) is 1.27. The van der Waals surface area contributed by atoms with Crippen molar-refractivity contribution in [1.82, 2.24) is 20.4 Å². The lowest BCUT2D eigenvalue weighted by molar-refractivity contribution is 0.0915. The van der Waals surface area contributed by atoms with Crippen LogP contribution in [0.2, 0.25) is 0 Å². The second kappa shape index (κ2) is 9.52. The molecular weight excluding hydrogens is 379 g/mol. The normalized spacial score (nSPS) is 21.1. The molecule has 1 aliphatic heterocycles. The Balaban J connectivity index is 0.00000225. The molecule has 2 unspecified atom stereocenters. The van der Waals surface area contributed by atoms with Gasteiger partial charge in [-0.15, -0.1) is 12.4 Å². The van der Waals surface area contributed by atoms with Gasteiger partial charge in [-0.3, -0.25) is 9.48 Å². The van der Waals surface area contributed by atoms with Crippen molar-refractivity contribution in [3.05, 3.63) is 53.6 Å². The number of piperidine rings is 1. The van der Waals surface area contributed by atoms with Gasteiger partial charge in [0.05, 0.1) is 12.1 Å². The van der Waals surface area contributed by atoms with Crippen molar-refractivity contribution in [3.63, 3.8) is 0 Å². The Morgan fingerprint density at radius 1 is 1.21 bits per heavy atom. The lowest BCUT2D eigenvalue weighted by Gasteiger charge is -2.25. The van der Waals surface area contributed by atoms with Crippen LogP contribution in [0.1, 0.15) is 66.7 Å². The molecule has 1 aromatic carbocycles. The van der Waals surface area contributed by atoms with Crippen molar-refractivity contribution in [3.8, 4) is 0 Å². The molecule has 152 valence electrons. The van der Waals surface area contributed by atoms with Crippen molar-refractivity contribution in [2.75, 3.05) is 13.1 Å². The Hall–Kier alpha value is -1.92. The van der Waals surface area contributed by atoms with Gasteiger partial charge in [0.15, 0.2) is 0 Å². The zero-order valence-corrected chi connectivity index (χ0v) is 16.8. The molecule has 1 saturated carbocycles. The third-order valence-corrected chi connectivity index (χ3v) is 5.85. The summed E-state index contributed by atoms with van der Waals surface area (Å²) < 4.78 is 15.6. The highest BCUT2D eigenvalue weighted by molar-refractivity contribution is 5.92.